The van der Waals surface area contributed by atoms with Crippen LogP contribution in [0.1, 0.15) is 77.6 Å². The molecular weight excluding hydrogens is 320 g/mol. The van der Waals surface area contributed by atoms with Crippen molar-refractivity contribution in [3.8, 4) is 0 Å². The number of aliphatic carboxylic acids is 2. The number of carboxylic acid groups (broad SMARTS) is 2. The van der Waals surface area contributed by atoms with Crippen LogP contribution in [0.5, 0.6) is 0 Å². The maximum absolute atomic E-state index is 11.1. The summed E-state index contributed by atoms with van der Waals surface area (Å²) in [5.74, 6) is -2.15. The van der Waals surface area contributed by atoms with Gasteiger partial charge in [0.2, 0.25) is 0 Å². The van der Waals surface area contributed by atoms with Gasteiger partial charge in [-0.15, -0.1) is 0 Å². The van der Waals surface area contributed by atoms with Crippen LogP contribution in [0, 0.1) is 0 Å². The number of hydrogen-bond donors (Lipinski definition) is 2. The van der Waals surface area contributed by atoms with Crippen LogP contribution in [-0.2, 0) is 14.3 Å². The quantitative estimate of drug-likeness (QED) is 0.285. The molecule has 0 fully saturated rings. The maximum Gasteiger partial charge on any atom is 0.333 e. The molecule has 0 aliphatic heterocycles. The molecule has 0 aliphatic rings. The van der Waals surface area contributed by atoms with E-state index in [4.69, 9.17) is 14.9 Å². The van der Waals surface area contributed by atoms with Crippen LogP contribution in [0.3, 0.4) is 0 Å². The summed E-state index contributed by atoms with van der Waals surface area (Å²) in [5.41, 5.74) is 0.0912. The van der Waals surface area contributed by atoms with Crippen LogP contribution in [0.15, 0.2) is 23.8 Å². The Bertz CT molecular complexity index is 426. The monoisotopic (exact) mass is 354 g/mol. The average Bonchev–Trinajstić information content (AvgIpc) is 2.57. The summed E-state index contributed by atoms with van der Waals surface area (Å²) in [7, 11) is 0. The molecule has 0 bridgehead atoms. The number of carboxylic acids is 2. The highest BCUT2D eigenvalue weighted by molar-refractivity contribution is 5.87. The summed E-state index contributed by atoms with van der Waals surface area (Å²) in [5, 5.41) is 17.8. The smallest absolute Gasteiger partial charge is 0.333 e. The fourth-order valence-electron chi connectivity index (χ4n) is 2.46. The molecule has 0 heterocycles. The minimum absolute atomic E-state index is 0.0839. The Morgan fingerprint density at radius 2 is 1.36 bits per heavy atom. The Labute approximate surface area is 151 Å². The Morgan fingerprint density at radius 3 is 1.84 bits per heavy atom. The van der Waals surface area contributed by atoms with E-state index in [1.54, 1.807) is 6.08 Å². The highest BCUT2D eigenvalue weighted by Crippen LogP contribution is 2.12. The summed E-state index contributed by atoms with van der Waals surface area (Å²) in [6.45, 7) is 5.30. The zero-order valence-electron chi connectivity index (χ0n) is 15.6. The molecule has 0 aromatic carbocycles. The summed E-state index contributed by atoms with van der Waals surface area (Å²) < 4.78 is 5.10. The van der Waals surface area contributed by atoms with Crippen molar-refractivity contribution in [2.75, 3.05) is 13.2 Å². The molecule has 0 aliphatic carbocycles. The van der Waals surface area contributed by atoms with Gasteiger partial charge in [-0.25, -0.2) is 9.59 Å². The van der Waals surface area contributed by atoms with Crippen molar-refractivity contribution in [2.24, 2.45) is 0 Å². The molecule has 0 atom stereocenters. The Balaban J connectivity index is 3.74. The minimum atomic E-state index is -1.13. The lowest BCUT2D eigenvalue weighted by Gasteiger charge is -2.05. The summed E-state index contributed by atoms with van der Waals surface area (Å²) in [6.07, 6.45) is 14.8. The highest BCUT2D eigenvalue weighted by atomic mass is 16.5. The highest BCUT2D eigenvalue weighted by Gasteiger charge is 2.09. The second-order valence-electron chi connectivity index (χ2n) is 6.41. The van der Waals surface area contributed by atoms with Crippen LogP contribution in [-0.4, -0.2) is 35.4 Å². The van der Waals surface area contributed by atoms with Gasteiger partial charge in [-0.05, 0) is 12.8 Å². The van der Waals surface area contributed by atoms with Crippen LogP contribution >= 0.6 is 0 Å². The van der Waals surface area contributed by atoms with Crippen LogP contribution in [0.4, 0.5) is 0 Å². The molecule has 0 aromatic heterocycles. The summed E-state index contributed by atoms with van der Waals surface area (Å²) in [6, 6.07) is 0. The summed E-state index contributed by atoms with van der Waals surface area (Å²) >= 11 is 0. The third kappa shape index (κ3) is 14.4. The van der Waals surface area contributed by atoms with Gasteiger partial charge in [0.25, 0.3) is 0 Å². The van der Waals surface area contributed by atoms with E-state index in [0.29, 0.717) is 6.42 Å². The number of carbonyl (C=O) groups is 2. The van der Waals surface area contributed by atoms with Gasteiger partial charge in [-0.1, -0.05) is 77.4 Å². The van der Waals surface area contributed by atoms with Crippen molar-refractivity contribution in [1.29, 1.82) is 0 Å². The molecule has 144 valence electrons. The standard InChI is InChI=1S/C20H34O5/c1-3-4-5-6-7-8-9-10-11-12-13-14-18(20(23)24)16-25-15-17(2)19(21)22/h14H,2-13,15-16H2,1H3,(H,21,22)(H,23,24). The molecule has 0 radical (unpaired) electrons. The molecule has 0 aromatic rings. The van der Waals surface area contributed by atoms with E-state index in [-0.39, 0.29) is 24.4 Å². The summed E-state index contributed by atoms with van der Waals surface area (Å²) in [4.78, 5) is 21.7. The molecule has 0 saturated heterocycles. The van der Waals surface area contributed by atoms with E-state index < -0.39 is 11.9 Å². The second-order valence-corrected chi connectivity index (χ2v) is 6.41. The van der Waals surface area contributed by atoms with Crippen molar-refractivity contribution in [3.63, 3.8) is 0 Å². The molecule has 5 nitrogen and oxygen atoms in total. The lowest BCUT2D eigenvalue weighted by atomic mass is 10.1. The SMILES string of the molecule is C=C(COCC(=CCCCCCCCCCCCC)C(=O)O)C(=O)O. The predicted molar refractivity (Wildman–Crippen MR) is 99.8 cm³/mol. The number of hydrogen-bond acceptors (Lipinski definition) is 3. The lowest BCUT2D eigenvalue weighted by Crippen LogP contribution is -2.12. The van der Waals surface area contributed by atoms with Crippen molar-refractivity contribution in [3.05, 3.63) is 23.8 Å². The number of ether oxygens (including phenoxy) is 1. The van der Waals surface area contributed by atoms with Gasteiger partial charge < -0.3 is 14.9 Å². The van der Waals surface area contributed by atoms with E-state index >= 15 is 0 Å². The molecular formula is C20H34O5. The first-order valence-electron chi connectivity index (χ1n) is 9.40. The van der Waals surface area contributed by atoms with E-state index in [1.807, 2.05) is 0 Å². The van der Waals surface area contributed by atoms with Crippen LogP contribution in [0.2, 0.25) is 0 Å². The molecule has 0 rings (SSSR count). The predicted octanol–water partition coefficient (Wildman–Crippen LogP) is 4.97. The van der Waals surface area contributed by atoms with Crippen molar-refractivity contribution >= 4 is 11.9 Å². The van der Waals surface area contributed by atoms with E-state index in [9.17, 15) is 9.59 Å². The zero-order chi connectivity index (χ0) is 18.9. The third-order valence-electron chi connectivity index (χ3n) is 4.06. The third-order valence-corrected chi connectivity index (χ3v) is 4.06. The topological polar surface area (TPSA) is 83.8 Å². The molecule has 0 saturated carbocycles. The van der Waals surface area contributed by atoms with Gasteiger partial charge in [-0.3, -0.25) is 0 Å². The second kappa shape index (κ2) is 15.9. The average molecular weight is 354 g/mol. The van der Waals surface area contributed by atoms with E-state index in [1.165, 1.54) is 51.4 Å². The fourth-order valence-corrected chi connectivity index (χ4v) is 2.46. The molecule has 0 amide bonds. The van der Waals surface area contributed by atoms with Gasteiger partial charge in [0, 0.05) is 0 Å². The molecule has 5 heteroatoms. The Morgan fingerprint density at radius 1 is 0.840 bits per heavy atom. The normalized spacial score (nSPS) is 11.5. The van der Waals surface area contributed by atoms with Gasteiger partial charge in [-0.2, -0.15) is 0 Å². The first-order valence-corrected chi connectivity index (χ1v) is 9.40. The largest absolute Gasteiger partial charge is 0.478 e. The van der Waals surface area contributed by atoms with Crippen molar-refractivity contribution in [1.82, 2.24) is 0 Å². The Kier molecular flexibility index (Phi) is 14.9. The molecule has 25 heavy (non-hydrogen) atoms. The van der Waals surface area contributed by atoms with Gasteiger partial charge in [0.1, 0.15) is 0 Å². The number of allylic oxidation sites excluding steroid dienone is 1. The number of rotatable bonds is 17. The molecule has 0 spiro atoms. The lowest BCUT2D eigenvalue weighted by molar-refractivity contribution is -0.133. The fraction of sp³-hybridized carbons (Fsp3) is 0.700. The van der Waals surface area contributed by atoms with Gasteiger partial charge in [0.05, 0.1) is 24.4 Å². The van der Waals surface area contributed by atoms with Crippen LogP contribution in [0.25, 0.3) is 0 Å². The minimum Gasteiger partial charge on any atom is -0.478 e. The zero-order valence-corrected chi connectivity index (χ0v) is 15.6. The van der Waals surface area contributed by atoms with Gasteiger partial charge in [0.15, 0.2) is 0 Å². The van der Waals surface area contributed by atoms with E-state index in [2.05, 4.69) is 13.5 Å². The Hall–Kier alpha value is -1.62. The van der Waals surface area contributed by atoms with Crippen LogP contribution < -0.4 is 0 Å². The van der Waals surface area contributed by atoms with Crippen molar-refractivity contribution < 1.29 is 24.5 Å². The van der Waals surface area contributed by atoms with Gasteiger partial charge >= 0.3 is 11.9 Å². The number of unbranched alkanes of at least 4 members (excludes halogenated alkanes) is 10. The maximum atomic E-state index is 11.1. The first kappa shape index (κ1) is 23.4. The molecule has 0 unspecified atom stereocenters. The van der Waals surface area contributed by atoms with Crippen molar-refractivity contribution in [2.45, 2.75) is 77.6 Å². The molecule has 2 N–H and O–H groups in total. The van der Waals surface area contributed by atoms with E-state index in [0.717, 1.165) is 12.8 Å². The first-order chi connectivity index (χ1) is 12.0.